The van der Waals surface area contributed by atoms with Crippen LogP contribution in [-0.4, -0.2) is 4.98 Å². The van der Waals surface area contributed by atoms with Gasteiger partial charge in [-0.15, -0.1) is 0 Å². The van der Waals surface area contributed by atoms with Gasteiger partial charge in [0.1, 0.15) is 0 Å². The number of hydrogen-bond acceptors (Lipinski definition) is 1. The minimum atomic E-state index is -5.12. The van der Waals surface area contributed by atoms with Crippen molar-refractivity contribution in [1.82, 2.24) is 4.98 Å². The fraction of sp³-hybridized carbons (Fsp3) is 0.105. The summed E-state index contributed by atoms with van der Waals surface area (Å²) in [7, 11) is 0. The molecule has 1 nitrogen and oxygen atoms in total. The molecule has 0 aliphatic heterocycles. The number of aromatic nitrogens is 1. The second kappa shape index (κ2) is 6.48. The maximum Gasteiger partial charge on any atom is 0.417 e. The molecule has 0 saturated carbocycles. The number of halogens is 6. The maximum absolute atomic E-state index is 13.0. The fourth-order valence-corrected chi connectivity index (χ4v) is 2.55. The molecule has 3 aromatic rings. The predicted octanol–water partition coefficient (Wildman–Crippen LogP) is 6.45. The van der Waals surface area contributed by atoms with Gasteiger partial charge in [0.25, 0.3) is 0 Å². The van der Waals surface area contributed by atoms with Crippen LogP contribution in [0.5, 0.6) is 0 Å². The third-order valence-corrected chi connectivity index (χ3v) is 3.80. The molecule has 2 aromatic carbocycles. The second-order valence-electron chi connectivity index (χ2n) is 5.55. The topological polar surface area (TPSA) is 12.9 Å². The Hall–Kier alpha value is -2.83. The van der Waals surface area contributed by atoms with Crippen LogP contribution in [0.25, 0.3) is 22.4 Å². The van der Waals surface area contributed by atoms with E-state index in [9.17, 15) is 26.3 Å². The molecular weight excluding hydrogens is 356 g/mol. The molecule has 0 radical (unpaired) electrons. The summed E-state index contributed by atoms with van der Waals surface area (Å²) in [4.78, 5) is 4.09. The predicted molar refractivity (Wildman–Crippen MR) is 85.1 cm³/mol. The van der Waals surface area contributed by atoms with Gasteiger partial charge in [-0.2, -0.15) is 26.3 Å². The van der Waals surface area contributed by atoms with E-state index in [1.54, 1.807) is 6.07 Å². The zero-order valence-corrected chi connectivity index (χ0v) is 13.1. The van der Waals surface area contributed by atoms with Crippen LogP contribution in [0.1, 0.15) is 11.1 Å². The van der Waals surface area contributed by atoms with Crippen molar-refractivity contribution in [1.29, 1.82) is 0 Å². The Labute approximate surface area is 144 Å². The summed E-state index contributed by atoms with van der Waals surface area (Å²) in [6.45, 7) is 0. The van der Waals surface area contributed by atoms with E-state index in [1.807, 2.05) is 30.3 Å². The van der Waals surface area contributed by atoms with Crippen LogP contribution >= 0.6 is 0 Å². The highest BCUT2D eigenvalue weighted by Crippen LogP contribution is 2.41. The summed E-state index contributed by atoms with van der Waals surface area (Å²) in [5.74, 6) is 0. The van der Waals surface area contributed by atoms with Gasteiger partial charge in [-0.05, 0) is 23.8 Å². The highest BCUT2D eigenvalue weighted by Gasteiger charge is 2.43. The summed E-state index contributed by atoms with van der Waals surface area (Å²) < 4.78 is 77.6. The molecule has 0 saturated heterocycles. The van der Waals surface area contributed by atoms with Crippen LogP contribution in [0.2, 0.25) is 0 Å². The number of hydrogen-bond donors (Lipinski definition) is 0. The first-order chi connectivity index (χ1) is 12.2. The molecule has 0 aliphatic rings. The highest BCUT2D eigenvalue weighted by atomic mass is 19.4. The first kappa shape index (κ1) is 18.0. The molecule has 0 spiro atoms. The lowest BCUT2D eigenvalue weighted by molar-refractivity contribution is -0.162. The SMILES string of the molecule is FC(F)(F)c1ccc(-c2ccc(-c3ccccc3)cn2)cc1C(F)(F)F. The average Bonchev–Trinajstić information content (AvgIpc) is 2.61. The Morgan fingerprint density at radius 2 is 1.19 bits per heavy atom. The third-order valence-electron chi connectivity index (χ3n) is 3.80. The summed E-state index contributed by atoms with van der Waals surface area (Å²) >= 11 is 0. The van der Waals surface area contributed by atoms with Crippen LogP contribution in [0.4, 0.5) is 26.3 Å². The molecule has 26 heavy (non-hydrogen) atoms. The molecule has 0 fully saturated rings. The molecule has 0 unspecified atom stereocenters. The molecule has 3 rings (SSSR count). The zero-order chi connectivity index (χ0) is 18.9. The quantitative estimate of drug-likeness (QED) is 0.474. The van der Waals surface area contributed by atoms with Gasteiger partial charge in [0.05, 0.1) is 16.8 Å². The minimum absolute atomic E-state index is 0.0371. The van der Waals surface area contributed by atoms with Crippen molar-refractivity contribution in [3.8, 4) is 22.4 Å². The highest BCUT2D eigenvalue weighted by molar-refractivity contribution is 5.67. The molecule has 0 amide bonds. The first-order valence-corrected chi connectivity index (χ1v) is 7.46. The van der Waals surface area contributed by atoms with Crippen molar-refractivity contribution in [2.24, 2.45) is 0 Å². The van der Waals surface area contributed by atoms with Gasteiger partial charge < -0.3 is 0 Å². The standard InChI is InChI=1S/C19H11F6N/c20-18(21,22)15-8-6-13(10-16(15)19(23,24)25)17-9-7-14(11-26-17)12-4-2-1-3-5-12/h1-11H. The number of nitrogens with zero attached hydrogens (tertiary/aromatic N) is 1. The number of rotatable bonds is 2. The van der Waals surface area contributed by atoms with Crippen LogP contribution < -0.4 is 0 Å². The van der Waals surface area contributed by atoms with Crippen LogP contribution in [0.15, 0.2) is 66.9 Å². The fourth-order valence-electron chi connectivity index (χ4n) is 2.55. The van der Waals surface area contributed by atoms with Crippen molar-refractivity contribution in [3.63, 3.8) is 0 Å². The lowest BCUT2D eigenvalue weighted by Crippen LogP contribution is -2.16. The van der Waals surface area contributed by atoms with Crippen LogP contribution in [0, 0.1) is 0 Å². The second-order valence-corrected chi connectivity index (χ2v) is 5.55. The van der Waals surface area contributed by atoms with Crippen molar-refractivity contribution in [3.05, 3.63) is 78.0 Å². The normalized spacial score (nSPS) is 12.2. The smallest absolute Gasteiger partial charge is 0.256 e. The van der Waals surface area contributed by atoms with Crippen molar-refractivity contribution in [2.75, 3.05) is 0 Å². The zero-order valence-electron chi connectivity index (χ0n) is 13.1. The Morgan fingerprint density at radius 1 is 0.577 bits per heavy atom. The molecule has 0 aliphatic carbocycles. The minimum Gasteiger partial charge on any atom is -0.256 e. The maximum atomic E-state index is 13.0. The van der Waals surface area contributed by atoms with Gasteiger partial charge in [0, 0.05) is 17.3 Å². The first-order valence-electron chi connectivity index (χ1n) is 7.46. The lowest BCUT2D eigenvalue weighted by atomic mass is 10.00. The van der Waals surface area contributed by atoms with Crippen LogP contribution in [0.3, 0.4) is 0 Å². The van der Waals surface area contributed by atoms with E-state index < -0.39 is 23.5 Å². The van der Waals surface area contributed by atoms with Gasteiger partial charge in [-0.3, -0.25) is 4.98 Å². The number of benzene rings is 2. The van der Waals surface area contributed by atoms with E-state index in [2.05, 4.69) is 4.98 Å². The summed E-state index contributed by atoms with van der Waals surface area (Å²) in [6.07, 6.45) is -8.74. The number of pyridine rings is 1. The largest absolute Gasteiger partial charge is 0.417 e. The van der Waals surface area contributed by atoms with E-state index in [4.69, 9.17) is 0 Å². The van der Waals surface area contributed by atoms with E-state index in [1.165, 1.54) is 12.3 Å². The number of alkyl halides is 6. The van der Waals surface area contributed by atoms with Gasteiger partial charge in [0.15, 0.2) is 0 Å². The molecule has 0 atom stereocenters. The van der Waals surface area contributed by atoms with E-state index >= 15 is 0 Å². The van der Waals surface area contributed by atoms with Gasteiger partial charge >= 0.3 is 12.4 Å². The Kier molecular flexibility index (Phi) is 4.48. The van der Waals surface area contributed by atoms with E-state index in [0.29, 0.717) is 12.1 Å². The molecule has 1 aromatic heterocycles. The Balaban J connectivity index is 2.02. The summed E-state index contributed by atoms with van der Waals surface area (Å²) in [6, 6.07) is 14.2. The summed E-state index contributed by atoms with van der Waals surface area (Å²) in [5, 5.41) is 0. The molecule has 1 heterocycles. The summed E-state index contributed by atoms with van der Waals surface area (Å²) in [5.41, 5.74) is -1.70. The lowest BCUT2D eigenvalue weighted by Gasteiger charge is -2.16. The molecule has 0 bridgehead atoms. The van der Waals surface area contributed by atoms with Gasteiger partial charge in [-0.1, -0.05) is 42.5 Å². The van der Waals surface area contributed by atoms with E-state index in [0.717, 1.165) is 17.2 Å². The Morgan fingerprint density at radius 3 is 1.73 bits per heavy atom. The van der Waals surface area contributed by atoms with Crippen LogP contribution in [-0.2, 0) is 12.4 Å². The van der Waals surface area contributed by atoms with Crippen molar-refractivity contribution in [2.45, 2.75) is 12.4 Å². The molecule has 7 heteroatoms. The third kappa shape index (κ3) is 3.71. The van der Waals surface area contributed by atoms with Gasteiger partial charge in [-0.25, -0.2) is 0 Å². The average molecular weight is 367 g/mol. The monoisotopic (exact) mass is 367 g/mol. The molecular formula is C19H11F6N. The van der Waals surface area contributed by atoms with Crippen molar-refractivity contribution < 1.29 is 26.3 Å². The molecule has 134 valence electrons. The van der Waals surface area contributed by atoms with E-state index in [-0.39, 0.29) is 11.3 Å². The molecule has 0 N–H and O–H groups in total. The Bertz CT molecular complexity index is 896. The van der Waals surface area contributed by atoms with Crippen molar-refractivity contribution >= 4 is 0 Å². The van der Waals surface area contributed by atoms with Gasteiger partial charge in [0.2, 0.25) is 0 Å².